The Morgan fingerprint density at radius 3 is 3.10 bits per heavy atom. The summed E-state index contributed by atoms with van der Waals surface area (Å²) in [5.74, 6) is 0.0143. The Morgan fingerprint density at radius 2 is 2.38 bits per heavy atom. The van der Waals surface area contributed by atoms with Gasteiger partial charge in [-0.25, -0.2) is 0 Å². The molecule has 0 saturated carbocycles. The SMILES string of the molecule is CC[C@@H](NC(=O)c1ccc2c(c1)N(C)CC2)[C@H]1CCCO1. The summed E-state index contributed by atoms with van der Waals surface area (Å²) in [7, 11) is 2.08. The van der Waals surface area contributed by atoms with Crippen molar-refractivity contribution in [2.75, 3.05) is 25.1 Å². The number of anilines is 1. The zero-order valence-corrected chi connectivity index (χ0v) is 12.9. The first kappa shape index (κ1) is 14.4. The topological polar surface area (TPSA) is 41.6 Å². The van der Waals surface area contributed by atoms with Gasteiger partial charge in [0, 0.05) is 31.5 Å². The molecule has 0 bridgehead atoms. The summed E-state index contributed by atoms with van der Waals surface area (Å²) in [6.07, 6.45) is 4.30. The quantitative estimate of drug-likeness (QED) is 0.925. The number of nitrogens with zero attached hydrogens (tertiary/aromatic N) is 1. The molecular weight excluding hydrogens is 264 g/mol. The van der Waals surface area contributed by atoms with E-state index in [1.54, 1.807) is 0 Å². The third-order valence-corrected chi connectivity index (χ3v) is 4.65. The molecule has 114 valence electrons. The summed E-state index contributed by atoms with van der Waals surface area (Å²) >= 11 is 0. The van der Waals surface area contributed by atoms with E-state index < -0.39 is 0 Å². The largest absolute Gasteiger partial charge is 0.376 e. The third-order valence-electron chi connectivity index (χ3n) is 4.65. The van der Waals surface area contributed by atoms with Crippen LogP contribution in [0.5, 0.6) is 0 Å². The molecule has 0 radical (unpaired) electrons. The average Bonchev–Trinajstić information content (AvgIpc) is 3.15. The first-order valence-electron chi connectivity index (χ1n) is 7.95. The van der Waals surface area contributed by atoms with Crippen molar-refractivity contribution < 1.29 is 9.53 Å². The molecule has 1 N–H and O–H groups in total. The normalized spacial score (nSPS) is 22.2. The third kappa shape index (κ3) is 2.91. The number of ether oxygens (including phenoxy) is 1. The molecule has 0 unspecified atom stereocenters. The van der Waals surface area contributed by atoms with Gasteiger partial charge in [-0.2, -0.15) is 0 Å². The monoisotopic (exact) mass is 288 g/mol. The number of carbonyl (C=O) groups is 1. The Morgan fingerprint density at radius 1 is 1.52 bits per heavy atom. The molecule has 2 heterocycles. The fourth-order valence-electron chi connectivity index (χ4n) is 3.31. The lowest BCUT2D eigenvalue weighted by Gasteiger charge is -2.23. The molecule has 4 heteroatoms. The molecule has 3 rings (SSSR count). The molecular formula is C17H24N2O2. The standard InChI is InChI=1S/C17H24N2O2/c1-3-14(16-5-4-10-21-16)18-17(20)13-7-6-12-8-9-19(2)15(12)11-13/h6-7,11,14,16H,3-5,8-10H2,1-2H3,(H,18,20)/t14-,16-/m1/s1. The van der Waals surface area contributed by atoms with E-state index in [1.165, 1.54) is 11.3 Å². The summed E-state index contributed by atoms with van der Waals surface area (Å²) in [4.78, 5) is 14.7. The predicted molar refractivity (Wildman–Crippen MR) is 83.9 cm³/mol. The summed E-state index contributed by atoms with van der Waals surface area (Å²) < 4.78 is 5.71. The van der Waals surface area contributed by atoms with E-state index in [1.807, 2.05) is 12.1 Å². The second-order valence-electron chi connectivity index (χ2n) is 6.05. The van der Waals surface area contributed by atoms with Gasteiger partial charge in [0.25, 0.3) is 5.91 Å². The smallest absolute Gasteiger partial charge is 0.251 e. The Balaban J connectivity index is 1.71. The summed E-state index contributed by atoms with van der Waals surface area (Å²) in [5, 5.41) is 3.15. The Labute approximate surface area is 126 Å². The number of rotatable bonds is 4. The van der Waals surface area contributed by atoms with E-state index >= 15 is 0 Å². The van der Waals surface area contributed by atoms with Gasteiger partial charge in [0.1, 0.15) is 0 Å². The maximum Gasteiger partial charge on any atom is 0.251 e. The molecule has 0 spiro atoms. The first-order valence-corrected chi connectivity index (χ1v) is 7.95. The van der Waals surface area contributed by atoms with Crippen LogP contribution in [-0.2, 0) is 11.2 Å². The maximum atomic E-state index is 12.5. The molecule has 4 nitrogen and oxygen atoms in total. The summed E-state index contributed by atoms with van der Waals surface area (Å²) in [5.41, 5.74) is 3.27. The van der Waals surface area contributed by atoms with Crippen LogP contribution in [0, 0.1) is 0 Å². The molecule has 2 aliphatic heterocycles. The van der Waals surface area contributed by atoms with E-state index in [2.05, 4.69) is 30.3 Å². The molecule has 1 fully saturated rings. The Kier molecular flexibility index (Phi) is 4.15. The number of likely N-dealkylation sites (N-methyl/N-ethyl adjacent to an activating group) is 1. The maximum absolute atomic E-state index is 12.5. The fraction of sp³-hybridized carbons (Fsp3) is 0.588. The lowest BCUT2D eigenvalue weighted by molar-refractivity contribution is 0.0665. The molecule has 1 aromatic rings. The van der Waals surface area contributed by atoms with Crippen LogP contribution < -0.4 is 10.2 Å². The highest BCUT2D eigenvalue weighted by Crippen LogP contribution is 2.27. The van der Waals surface area contributed by atoms with Crippen molar-refractivity contribution in [2.45, 2.75) is 44.8 Å². The van der Waals surface area contributed by atoms with E-state index in [-0.39, 0.29) is 18.1 Å². The second kappa shape index (κ2) is 6.06. The van der Waals surface area contributed by atoms with Crippen LogP contribution in [-0.4, -0.2) is 38.3 Å². The van der Waals surface area contributed by atoms with E-state index in [0.29, 0.717) is 0 Å². The van der Waals surface area contributed by atoms with Crippen molar-refractivity contribution in [3.05, 3.63) is 29.3 Å². The Bertz CT molecular complexity index is 524. The van der Waals surface area contributed by atoms with Crippen molar-refractivity contribution in [2.24, 2.45) is 0 Å². The number of hydrogen-bond donors (Lipinski definition) is 1. The first-order chi connectivity index (χ1) is 10.2. The minimum atomic E-state index is 0.0143. The molecule has 1 saturated heterocycles. The van der Waals surface area contributed by atoms with Gasteiger partial charge < -0.3 is 15.0 Å². The molecule has 1 amide bonds. The number of amides is 1. The van der Waals surface area contributed by atoms with Crippen LogP contribution in [0.2, 0.25) is 0 Å². The molecule has 0 aromatic heterocycles. The zero-order valence-electron chi connectivity index (χ0n) is 12.9. The van der Waals surface area contributed by atoms with E-state index in [0.717, 1.165) is 44.4 Å². The van der Waals surface area contributed by atoms with Crippen LogP contribution in [0.25, 0.3) is 0 Å². The molecule has 0 aliphatic carbocycles. The molecule has 1 aromatic carbocycles. The lowest BCUT2D eigenvalue weighted by Crippen LogP contribution is -2.42. The minimum absolute atomic E-state index is 0.0143. The van der Waals surface area contributed by atoms with Gasteiger partial charge in [0.15, 0.2) is 0 Å². The van der Waals surface area contributed by atoms with Crippen LogP contribution >= 0.6 is 0 Å². The van der Waals surface area contributed by atoms with Crippen molar-refractivity contribution in [1.29, 1.82) is 0 Å². The fourth-order valence-corrected chi connectivity index (χ4v) is 3.31. The van der Waals surface area contributed by atoms with Crippen LogP contribution in [0.4, 0.5) is 5.69 Å². The predicted octanol–water partition coefficient (Wildman–Crippen LogP) is 2.37. The van der Waals surface area contributed by atoms with Crippen molar-refractivity contribution in [3.8, 4) is 0 Å². The zero-order chi connectivity index (χ0) is 14.8. The Hall–Kier alpha value is -1.55. The number of fused-ring (bicyclic) bond motifs is 1. The van der Waals surface area contributed by atoms with Crippen molar-refractivity contribution >= 4 is 11.6 Å². The molecule has 2 atom stereocenters. The van der Waals surface area contributed by atoms with Crippen molar-refractivity contribution in [1.82, 2.24) is 5.32 Å². The van der Waals surface area contributed by atoms with Gasteiger partial charge in [-0.1, -0.05) is 13.0 Å². The summed E-state index contributed by atoms with van der Waals surface area (Å²) in [6.45, 7) is 3.96. The number of benzene rings is 1. The van der Waals surface area contributed by atoms with Gasteiger partial charge in [-0.3, -0.25) is 4.79 Å². The molecule has 21 heavy (non-hydrogen) atoms. The lowest BCUT2D eigenvalue weighted by atomic mass is 10.0. The van der Waals surface area contributed by atoms with Crippen LogP contribution in [0.15, 0.2) is 18.2 Å². The number of hydrogen-bond acceptors (Lipinski definition) is 3. The highest BCUT2D eigenvalue weighted by molar-refractivity contribution is 5.95. The van der Waals surface area contributed by atoms with Crippen molar-refractivity contribution in [3.63, 3.8) is 0 Å². The van der Waals surface area contributed by atoms with Crippen LogP contribution in [0.1, 0.15) is 42.1 Å². The average molecular weight is 288 g/mol. The molecule has 2 aliphatic rings. The van der Waals surface area contributed by atoms with Gasteiger partial charge in [-0.15, -0.1) is 0 Å². The van der Waals surface area contributed by atoms with Gasteiger partial charge in [0.05, 0.1) is 12.1 Å². The van der Waals surface area contributed by atoms with Gasteiger partial charge in [0.2, 0.25) is 0 Å². The van der Waals surface area contributed by atoms with Gasteiger partial charge >= 0.3 is 0 Å². The second-order valence-corrected chi connectivity index (χ2v) is 6.05. The number of carbonyl (C=O) groups excluding carboxylic acids is 1. The van der Waals surface area contributed by atoms with Crippen LogP contribution in [0.3, 0.4) is 0 Å². The summed E-state index contributed by atoms with van der Waals surface area (Å²) in [6, 6.07) is 6.15. The minimum Gasteiger partial charge on any atom is -0.376 e. The highest BCUT2D eigenvalue weighted by Gasteiger charge is 2.26. The highest BCUT2D eigenvalue weighted by atomic mass is 16.5. The van der Waals surface area contributed by atoms with E-state index in [9.17, 15) is 4.79 Å². The number of nitrogens with one attached hydrogen (secondary N) is 1. The van der Waals surface area contributed by atoms with Gasteiger partial charge in [-0.05, 0) is 43.4 Å². The van der Waals surface area contributed by atoms with E-state index in [4.69, 9.17) is 4.74 Å².